The summed E-state index contributed by atoms with van der Waals surface area (Å²) in [4.78, 5) is 0. The molecule has 0 aromatic heterocycles. The highest BCUT2D eigenvalue weighted by molar-refractivity contribution is 5.24. The number of allylic oxidation sites excluding steroid dienone is 8. The van der Waals surface area contributed by atoms with Gasteiger partial charge in [0, 0.05) is 0 Å². The first-order chi connectivity index (χ1) is 5.39. The molecule has 0 spiro atoms. The lowest BCUT2D eigenvalue weighted by Gasteiger charge is -1.91. The van der Waals surface area contributed by atoms with Crippen molar-refractivity contribution >= 4 is 0 Å². The second-order valence-electron chi connectivity index (χ2n) is 2.70. The lowest BCUT2D eigenvalue weighted by Crippen LogP contribution is -1.70. The van der Waals surface area contributed by atoms with Gasteiger partial charge in [0.2, 0.25) is 0 Å². The summed E-state index contributed by atoms with van der Waals surface area (Å²) in [6, 6.07) is 0. The molecule has 0 saturated carbocycles. The summed E-state index contributed by atoms with van der Waals surface area (Å²) in [6.45, 7) is 2.12. The summed E-state index contributed by atoms with van der Waals surface area (Å²) >= 11 is 0. The Morgan fingerprint density at radius 2 is 1.82 bits per heavy atom. The first kappa shape index (κ1) is 8.06. The molecule has 58 valence electrons. The Labute approximate surface area is 68.6 Å². The van der Waals surface area contributed by atoms with E-state index in [2.05, 4.69) is 49.5 Å². The summed E-state index contributed by atoms with van der Waals surface area (Å²) in [7, 11) is 0. The van der Waals surface area contributed by atoms with Gasteiger partial charge >= 0.3 is 0 Å². The fourth-order valence-corrected chi connectivity index (χ4v) is 0.964. The zero-order valence-corrected chi connectivity index (χ0v) is 6.96. The normalized spacial score (nSPS) is 18.1. The monoisotopic (exact) mass is 146 g/mol. The third kappa shape index (κ3) is 3.61. The highest BCUT2D eigenvalue weighted by Gasteiger charge is 1.80. The van der Waals surface area contributed by atoms with Gasteiger partial charge in [-0.2, -0.15) is 0 Å². The topological polar surface area (TPSA) is 0 Å². The molecule has 0 heterocycles. The van der Waals surface area contributed by atoms with E-state index in [1.807, 2.05) is 0 Å². The molecular formula is C11H14. The van der Waals surface area contributed by atoms with Gasteiger partial charge in [0.15, 0.2) is 0 Å². The highest BCUT2D eigenvalue weighted by Crippen LogP contribution is 2.01. The van der Waals surface area contributed by atoms with Gasteiger partial charge < -0.3 is 0 Å². The van der Waals surface area contributed by atoms with Crippen LogP contribution >= 0.6 is 0 Å². The van der Waals surface area contributed by atoms with Crippen molar-refractivity contribution in [3.63, 3.8) is 0 Å². The van der Waals surface area contributed by atoms with Crippen molar-refractivity contribution in [2.75, 3.05) is 0 Å². The van der Waals surface area contributed by atoms with Crippen LogP contribution < -0.4 is 0 Å². The molecule has 0 aliphatic heterocycles. The van der Waals surface area contributed by atoms with Crippen LogP contribution in [0.5, 0.6) is 0 Å². The van der Waals surface area contributed by atoms with E-state index in [0.29, 0.717) is 0 Å². The van der Waals surface area contributed by atoms with Crippen molar-refractivity contribution in [1.82, 2.24) is 0 Å². The van der Waals surface area contributed by atoms with Crippen LogP contribution in [0.25, 0.3) is 0 Å². The summed E-state index contributed by atoms with van der Waals surface area (Å²) < 4.78 is 0. The minimum Gasteiger partial charge on any atom is -0.0842 e. The first-order valence-corrected chi connectivity index (χ1v) is 4.06. The molecule has 0 heteroatoms. The summed E-state index contributed by atoms with van der Waals surface area (Å²) in [6.07, 6.45) is 17.2. The fraction of sp³-hybridized carbons (Fsp3) is 0.273. The second-order valence-corrected chi connectivity index (χ2v) is 2.70. The van der Waals surface area contributed by atoms with Crippen LogP contribution in [0, 0.1) is 0 Å². The van der Waals surface area contributed by atoms with Crippen LogP contribution in [0.2, 0.25) is 0 Å². The smallest absolute Gasteiger partial charge is 0.0313 e. The molecule has 0 atom stereocenters. The molecular weight excluding hydrogens is 132 g/mol. The predicted molar refractivity (Wildman–Crippen MR) is 50.4 cm³/mol. The van der Waals surface area contributed by atoms with Gasteiger partial charge in [0.1, 0.15) is 0 Å². The van der Waals surface area contributed by atoms with Crippen LogP contribution in [0.3, 0.4) is 0 Å². The van der Waals surface area contributed by atoms with Crippen molar-refractivity contribution in [3.05, 3.63) is 48.1 Å². The van der Waals surface area contributed by atoms with Gasteiger partial charge in [-0.1, -0.05) is 48.1 Å². The molecule has 1 aliphatic carbocycles. The molecule has 1 aliphatic rings. The Morgan fingerprint density at radius 3 is 2.73 bits per heavy atom. The maximum Gasteiger partial charge on any atom is -0.0313 e. The van der Waals surface area contributed by atoms with E-state index in [-0.39, 0.29) is 0 Å². The SMILES string of the molecule is CC1=CC=CC=CCCC=C1. The Bertz CT molecular complexity index is 214. The van der Waals surface area contributed by atoms with E-state index in [9.17, 15) is 0 Å². The van der Waals surface area contributed by atoms with Crippen LogP contribution in [-0.2, 0) is 0 Å². The van der Waals surface area contributed by atoms with E-state index < -0.39 is 0 Å². The third-order valence-electron chi connectivity index (χ3n) is 1.60. The standard InChI is InChI=1S/C11H14/c1-11-9-7-5-3-2-4-6-8-10-11/h2-3,5,7-10H,4,6H2,1H3. The third-order valence-corrected chi connectivity index (χ3v) is 1.60. The Hall–Kier alpha value is -1.04. The van der Waals surface area contributed by atoms with Crippen molar-refractivity contribution in [2.24, 2.45) is 0 Å². The van der Waals surface area contributed by atoms with Crippen molar-refractivity contribution < 1.29 is 0 Å². The molecule has 0 unspecified atom stereocenters. The molecule has 0 N–H and O–H groups in total. The maximum atomic E-state index is 2.22. The molecule has 0 nitrogen and oxygen atoms in total. The van der Waals surface area contributed by atoms with Crippen LogP contribution in [-0.4, -0.2) is 0 Å². The molecule has 0 saturated heterocycles. The number of hydrogen-bond donors (Lipinski definition) is 0. The van der Waals surface area contributed by atoms with Crippen LogP contribution in [0.1, 0.15) is 19.8 Å². The van der Waals surface area contributed by atoms with Gasteiger partial charge in [0.05, 0.1) is 0 Å². The zero-order chi connectivity index (χ0) is 7.94. The van der Waals surface area contributed by atoms with Gasteiger partial charge in [-0.25, -0.2) is 0 Å². The van der Waals surface area contributed by atoms with Gasteiger partial charge in [-0.05, 0) is 19.8 Å². The molecule has 0 amide bonds. The Balaban J connectivity index is 2.66. The number of hydrogen-bond acceptors (Lipinski definition) is 0. The summed E-state index contributed by atoms with van der Waals surface area (Å²) in [5.41, 5.74) is 1.32. The van der Waals surface area contributed by atoms with Gasteiger partial charge in [-0.3, -0.25) is 0 Å². The van der Waals surface area contributed by atoms with Crippen molar-refractivity contribution in [1.29, 1.82) is 0 Å². The minimum absolute atomic E-state index is 1.15. The van der Waals surface area contributed by atoms with Crippen molar-refractivity contribution in [3.8, 4) is 0 Å². The fourth-order valence-electron chi connectivity index (χ4n) is 0.964. The maximum absolute atomic E-state index is 2.22. The molecule has 0 aromatic rings. The minimum atomic E-state index is 1.15. The number of rotatable bonds is 0. The van der Waals surface area contributed by atoms with E-state index in [4.69, 9.17) is 0 Å². The average Bonchev–Trinajstić information content (AvgIpc) is 2.03. The second kappa shape index (κ2) is 4.73. The van der Waals surface area contributed by atoms with E-state index in [1.54, 1.807) is 0 Å². The lowest BCUT2D eigenvalue weighted by atomic mass is 10.2. The average molecular weight is 146 g/mol. The van der Waals surface area contributed by atoms with Gasteiger partial charge in [0.25, 0.3) is 0 Å². The Morgan fingerprint density at radius 1 is 1.00 bits per heavy atom. The van der Waals surface area contributed by atoms with Gasteiger partial charge in [-0.15, -0.1) is 0 Å². The largest absolute Gasteiger partial charge is 0.0842 e. The van der Waals surface area contributed by atoms with Crippen LogP contribution in [0.15, 0.2) is 48.1 Å². The first-order valence-electron chi connectivity index (χ1n) is 4.06. The summed E-state index contributed by atoms with van der Waals surface area (Å²) in [5.74, 6) is 0. The molecule has 0 radical (unpaired) electrons. The van der Waals surface area contributed by atoms with E-state index in [1.165, 1.54) is 5.57 Å². The highest BCUT2D eigenvalue weighted by atomic mass is 13.9. The predicted octanol–water partition coefficient (Wildman–Crippen LogP) is 3.40. The lowest BCUT2D eigenvalue weighted by molar-refractivity contribution is 1.05. The molecule has 0 aromatic carbocycles. The van der Waals surface area contributed by atoms with Crippen molar-refractivity contribution in [2.45, 2.75) is 19.8 Å². The molecule has 0 fully saturated rings. The van der Waals surface area contributed by atoms with Crippen LogP contribution in [0.4, 0.5) is 0 Å². The molecule has 0 bridgehead atoms. The van der Waals surface area contributed by atoms with E-state index >= 15 is 0 Å². The molecule has 1 rings (SSSR count). The quantitative estimate of drug-likeness (QED) is 0.491. The molecule has 11 heavy (non-hydrogen) atoms. The Kier molecular flexibility index (Phi) is 3.46. The summed E-state index contributed by atoms with van der Waals surface area (Å²) in [5, 5.41) is 0. The van der Waals surface area contributed by atoms with E-state index in [0.717, 1.165) is 12.8 Å². The zero-order valence-electron chi connectivity index (χ0n) is 6.96.